The molecule has 1 aromatic heterocycles. The Hall–Kier alpha value is -3.26. The Morgan fingerprint density at radius 1 is 1.11 bits per heavy atom. The van der Waals surface area contributed by atoms with Gasteiger partial charge in [0.15, 0.2) is 0 Å². The third-order valence-electron chi connectivity index (χ3n) is 4.40. The molecule has 0 spiro atoms. The second-order valence-corrected chi connectivity index (χ2v) is 6.47. The lowest BCUT2D eigenvalue weighted by Crippen LogP contribution is -2.31. The van der Waals surface area contributed by atoms with Crippen molar-refractivity contribution in [1.29, 1.82) is 0 Å². The summed E-state index contributed by atoms with van der Waals surface area (Å²) in [5, 5.41) is 14.4. The van der Waals surface area contributed by atoms with Crippen LogP contribution in [0, 0.1) is 0 Å². The topological polar surface area (TPSA) is 118 Å². The predicted molar refractivity (Wildman–Crippen MR) is 100 cm³/mol. The molecule has 1 unspecified atom stereocenters. The zero-order valence-corrected chi connectivity index (χ0v) is 15.2. The summed E-state index contributed by atoms with van der Waals surface area (Å²) in [5.41, 5.74) is 1.42. The van der Waals surface area contributed by atoms with Crippen LogP contribution in [0.4, 0.5) is 0 Å². The monoisotopic (exact) mass is 383 g/mol. The van der Waals surface area contributed by atoms with E-state index in [0.717, 1.165) is 25.0 Å². The largest absolute Gasteiger partial charge is 0.477 e. The van der Waals surface area contributed by atoms with E-state index in [-0.39, 0.29) is 35.7 Å². The van der Waals surface area contributed by atoms with E-state index < -0.39 is 5.97 Å². The fraction of sp³-hybridized carbons (Fsp3) is 0.300. The lowest BCUT2D eigenvalue weighted by molar-refractivity contribution is 0.0689. The Kier molecular flexibility index (Phi) is 6.33. The van der Waals surface area contributed by atoms with Crippen molar-refractivity contribution < 1.29 is 24.2 Å². The third kappa shape index (κ3) is 5.14. The number of hydrogen-bond donors (Lipinski definition) is 3. The van der Waals surface area contributed by atoms with Crippen molar-refractivity contribution in [2.45, 2.75) is 25.5 Å². The van der Waals surface area contributed by atoms with Gasteiger partial charge >= 0.3 is 5.97 Å². The Balaban J connectivity index is 1.54. The molecule has 0 radical (unpaired) electrons. The van der Waals surface area contributed by atoms with Crippen LogP contribution in [0.15, 0.2) is 42.6 Å². The van der Waals surface area contributed by atoms with Crippen LogP contribution in [0.3, 0.4) is 0 Å². The number of carboxylic acids is 1. The molecule has 0 bridgehead atoms. The van der Waals surface area contributed by atoms with Gasteiger partial charge in [0.05, 0.1) is 11.7 Å². The molecule has 3 rings (SSSR count). The number of ether oxygens (including phenoxy) is 1. The molecule has 8 nitrogen and oxygen atoms in total. The minimum Gasteiger partial charge on any atom is -0.477 e. The van der Waals surface area contributed by atoms with Gasteiger partial charge in [0.2, 0.25) is 0 Å². The molecule has 1 saturated heterocycles. The summed E-state index contributed by atoms with van der Waals surface area (Å²) in [7, 11) is 0. The van der Waals surface area contributed by atoms with Crippen molar-refractivity contribution in [3.05, 3.63) is 65.0 Å². The van der Waals surface area contributed by atoms with Gasteiger partial charge in [0.25, 0.3) is 11.8 Å². The Bertz CT molecular complexity index is 860. The average molecular weight is 383 g/mol. The maximum Gasteiger partial charge on any atom is 0.354 e. The summed E-state index contributed by atoms with van der Waals surface area (Å²) in [5.74, 6) is -1.71. The summed E-state index contributed by atoms with van der Waals surface area (Å²) >= 11 is 0. The molecule has 1 aliphatic rings. The van der Waals surface area contributed by atoms with Gasteiger partial charge in [-0.25, -0.2) is 9.78 Å². The van der Waals surface area contributed by atoms with Gasteiger partial charge in [0.1, 0.15) is 5.69 Å². The molecule has 28 heavy (non-hydrogen) atoms. The van der Waals surface area contributed by atoms with Crippen LogP contribution in [0.1, 0.15) is 49.6 Å². The van der Waals surface area contributed by atoms with Crippen molar-refractivity contribution >= 4 is 17.8 Å². The number of pyridine rings is 1. The van der Waals surface area contributed by atoms with E-state index in [1.165, 1.54) is 18.3 Å². The molecule has 1 aromatic carbocycles. The zero-order chi connectivity index (χ0) is 19.9. The van der Waals surface area contributed by atoms with Crippen molar-refractivity contribution in [3.8, 4) is 0 Å². The lowest BCUT2D eigenvalue weighted by Gasteiger charge is -2.11. The van der Waals surface area contributed by atoms with Crippen LogP contribution in [-0.4, -0.2) is 47.1 Å². The quantitative estimate of drug-likeness (QED) is 0.669. The minimum atomic E-state index is -1.15. The summed E-state index contributed by atoms with van der Waals surface area (Å²) in [6.07, 6.45) is 3.26. The fourth-order valence-corrected chi connectivity index (χ4v) is 2.88. The van der Waals surface area contributed by atoms with E-state index in [1.54, 1.807) is 18.2 Å². The Labute approximate surface area is 161 Å². The SMILES string of the molecule is O=C(NCc1cccc(C(=O)NCC2CCCO2)c1)c1ccc(C(=O)O)nc1. The van der Waals surface area contributed by atoms with Crippen molar-refractivity contribution in [2.24, 2.45) is 0 Å². The van der Waals surface area contributed by atoms with Gasteiger partial charge in [-0.1, -0.05) is 12.1 Å². The van der Waals surface area contributed by atoms with E-state index in [0.29, 0.717) is 12.1 Å². The first-order valence-electron chi connectivity index (χ1n) is 8.99. The van der Waals surface area contributed by atoms with Crippen LogP contribution >= 0.6 is 0 Å². The van der Waals surface area contributed by atoms with Gasteiger partial charge in [-0.05, 0) is 42.7 Å². The summed E-state index contributed by atoms with van der Waals surface area (Å²) in [4.78, 5) is 39.0. The first-order valence-corrected chi connectivity index (χ1v) is 8.99. The molecule has 2 heterocycles. The highest BCUT2D eigenvalue weighted by Gasteiger charge is 2.17. The number of benzene rings is 1. The number of aromatic nitrogens is 1. The molecule has 2 amide bonds. The van der Waals surface area contributed by atoms with E-state index in [2.05, 4.69) is 15.6 Å². The molecule has 1 atom stereocenters. The second kappa shape index (κ2) is 9.09. The van der Waals surface area contributed by atoms with Crippen molar-refractivity contribution in [1.82, 2.24) is 15.6 Å². The number of hydrogen-bond acceptors (Lipinski definition) is 5. The summed E-state index contributed by atoms with van der Waals surface area (Å²) in [6.45, 7) is 1.45. The van der Waals surface area contributed by atoms with Gasteiger partial charge < -0.3 is 20.5 Å². The van der Waals surface area contributed by atoms with Crippen LogP contribution in [-0.2, 0) is 11.3 Å². The van der Waals surface area contributed by atoms with Gasteiger partial charge in [0, 0.05) is 31.5 Å². The van der Waals surface area contributed by atoms with Gasteiger partial charge in [-0.2, -0.15) is 0 Å². The molecule has 146 valence electrons. The van der Waals surface area contributed by atoms with E-state index in [9.17, 15) is 14.4 Å². The van der Waals surface area contributed by atoms with Crippen LogP contribution in [0.5, 0.6) is 0 Å². The average Bonchev–Trinajstić information content (AvgIpc) is 3.24. The maximum atomic E-state index is 12.3. The smallest absolute Gasteiger partial charge is 0.354 e. The number of amides is 2. The van der Waals surface area contributed by atoms with Crippen molar-refractivity contribution in [2.75, 3.05) is 13.2 Å². The molecule has 1 aliphatic heterocycles. The lowest BCUT2D eigenvalue weighted by atomic mass is 10.1. The van der Waals surface area contributed by atoms with Gasteiger partial charge in [-0.3, -0.25) is 9.59 Å². The van der Waals surface area contributed by atoms with Gasteiger partial charge in [-0.15, -0.1) is 0 Å². The van der Waals surface area contributed by atoms with Crippen LogP contribution in [0.25, 0.3) is 0 Å². The molecule has 0 aliphatic carbocycles. The molecule has 3 N–H and O–H groups in total. The molecule has 1 fully saturated rings. The number of carbonyl (C=O) groups is 3. The first kappa shape index (κ1) is 19.5. The first-order chi connectivity index (χ1) is 13.5. The number of carbonyl (C=O) groups excluding carboxylic acids is 2. The normalized spacial score (nSPS) is 15.8. The number of aromatic carboxylic acids is 1. The number of nitrogens with one attached hydrogen (secondary N) is 2. The summed E-state index contributed by atoms with van der Waals surface area (Å²) < 4.78 is 5.49. The highest BCUT2D eigenvalue weighted by atomic mass is 16.5. The second-order valence-electron chi connectivity index (χ2n) is 6.47. The van der Waals surface area contributed by atoms with E-state index in [1.807, 2.05) is 6.07 Å². The van der Waals surface area contributed by atoms with E-state index >= 15 is 0 Å². The molecule has 8 heteroatoms. The number of nitrogens with zero attached hydrogens (tertiary/aromatic N) is 1. The zero-order valence-electron chi connectivity index (χ0n) is 15.2. The Morgan fingerprint density at radius 2 is 1.93 bits per heavy atom. The molecular weight excluding hydrogens is 362 g/mol. The van der Waals surface area contributed by atoms with E-state index in [4.69, 9.17) is 9.84 Å². The van der Waals surface area contributed by atoms with Crippen LogP contribution < -0.4 is 10.6 Å². The minimum absolute atomic E-state index is 0.0764. The third-order valence-corrected chi connectivity index (χ3v) is 4.40. The van der Waals surface area contributed by atoms with Crippen LogP contribution in [0.2, 0.25) is 0 Å². The standard InChI is InChI=1S/C20H21N3O5/c24-18(23-12-16-5-2-8-28-16)14-4-1-3-13(9-14)10-22-19(25)15-6-7-17(20(26)27)21-11-15/h1,3-4,6-7,9,11,16H,2,5,8,10,12H2,(H,22,25)(H,23,24)(H,26,27). The maximum absolute atomic E-state index is 12.3. The molecular formula is C20H21N3O5. The fourth-order valence-electron chi connectivity index (χ4n) is 2.88. The number of rotatable bonds is 7. The highest BCUT2D eigenvalue weighted by molar-refractivity contribution is 5.95. The summed E-state index contributed by atoms with van der Waals surface area (Å²) in [6, 6.07) is 9.67. The molecule has 0 saturated carbocycles. The highest BCUT2D eigenvalue weighted by Crippen LogP contribution is 2.11. The van der Waals surface area contributed by atoms with Crippen molar-refractivity contribution in [3.63, 3.8) is 0 Å². The predicted octanol–water partition coefficient (Wildman–Crippen LogP) is 1.62. The molecule has 2 aromatic rings. The Morgan fingerprint density at radius 3 is 2.61 bits per heavy atom. The number of carboxylic acid groups (broad SMARTS) is 1.